The largest absolute Gasteiger partial charge is 0.357 e. The number of benzene rings is 1. The smallest absolute Gasteiger partial charge is 0.225 e. The van der Waals surface area contributed by atoms with Crippen LogP contribution in [0, 0.1) is 12.7 Å². The van der Waals surface area contributed by atoms with Crippen LogP contribution in [-0.4, -0.2) is 17.0 Å². The van der Waals surface area contributed by atoms with Gasteiger partial charge < -0.3 is 10.6 Å². The number of rotatable bonds is 3. The zero-order valence-electron chi connectivity index (χ0n) is 11.1. The molecular formula is C14H13FN4S. The Balaban J connectivity index is 2.06. The summed E-state index contributed by atoms with van der Waals surface area (Å²) >= 11 is 1.62. The summed E-state index contributed by atoms with van der Waals surface area (Å²) in [6.07, 6.45) is 0. The number of hydrogen-bond acceptors (Lipinski definition) is 5. The number of fused-ring (bicyclic) bond motifs is 1. The van der Waals surface area contributed by atoms with E-state index >= 15 is 0 Å². The van der Waals surface area contributed by atoms with Crippen LogP contribution in [0.3, 0.4) is 0 Å². The summed E-state index contributed by atoms with van der Waals surface area (Å²) in [5.74, 6) is 1.02. The van der Waals surface area contributed by atoms with E-state index in [0.29, 0.717) is 5.95 Å². The summed E-state index contributed by atoms with van der Waals surface area (Å²) in [5, 5.41) is 7.13. The maximum Gasteiger partial charge on any atom is 0.225 e. The monoisotopic (exact) mass is 288 g/mol. The van der Waals surface area contributed by atoms with E-state index in [2.05, 4.69) is 20.6 Å². The summed E-state index contributed by atoms with van der Waals surface area (Å²) in [7, 11) is 1.78. The molecule has 0 saturated carbocycles. The average molecular weight is 288 g/mol. The molecule has 4 nitrogen and oxygen atoms in total. The molecule has 2 heterocycles. The normalized spacial score (nSPS) is 10.8. The van der Waals surface area contributed by atoms with Gasteiger partial charge in [-0.05, 0) is 37.3 Å². The lowest BCUT2D eigenvalue weighted by Crippen LogP contribution is -2.00. The number of aryl methyl sites for hydroxylation is 1. The first kappa shape index (κ1) is 12.8. The first-order chi connectivity index (χ1) is 9.65. The predicted octanol–water partition coefficient (Wildman–Crippen LogP) is 3.92. The predicted molar refractivity (Wildman–Crippen MR) is 81.4 cm³/mol. The molecule has 0 atom stereocenters. The number of nitrogens with one attached hydrogen (secondary N) is 2. The van der Waals surface area contributed by atoms with E-state index in [4.69, 9.17) is 0 Å². The van der Waals surface area contributed by atoms with Crippen molar-refractivity contribution in [2.24, 2.45) is 0 Å². The molecule has 0 spiro atoms. The van der Waals surface area contributed by atoms with Crippen LogP contribution in [0.5, 0.6) is 0 Å². The van der Waals surface area contributed by atoms with Crippen LogP contribution in [-0.2, 0) is 0 Å². The maximum atomic E-state index is 12.9. The molecule has 0 amide bonds. The van der Waals surface area contributed by atoms with Crippen LogP contribution in [0.25, 0.3) is 10.2 Å². The topological polar surface area (TPSA) is 49.8 Å². The fourth-order valence-corrected chi connectivity index (χ4v) is 2.80. The van der Waals surface area contributed by atoms with Crippen molar-refractivity contribution < 1.29 is 4.39 Å². The van der Waals surface area contributed by atoms with Crippen molar-refractivity contribution in [3.63, 3.8) is 0 Å². The van der Waals surface area contributed by atoms with Gasteiger partial charge in [0, 0.05) is 17.6 Å². The van der Waals surface area contributed by atoms with Gasteiger partial charge in [0.05, 0.1) is 5.39 Å². The molecule has 20 heavy (non-hydrogen) atoms. The van der Waals surface area contributed by atoms with Crippen molar-refractivity contribution in [1.29, 1.82) is 0 Å². The molecule has 3 aromatic rings. The molecule has 0 aliphatic heterocycles. The van der Waals surface area contributed by atoms with E-state index < -0.39 is 0 Å². The summed E-state index contributed by atoms with van der Waals surface area (Å²) in [4.78, 5) is 11.0. The molecule has 0 fully saturated rings. The van der Waals surface area contributed by atoms with Gasteiger partial charge in [0.25, 0.3) is 0 Å². The van der Waals surface area contributed by atoms with E-state index in [1.54, 1.807) is 30.5 Å². The van der Waals surface area contributed by atoms with Gasteiger partial charge in [-0.25, -0.2) is 9.37 Å². The lowest BCUT2D eigenvalue weighted by Gasteiger charge is -2.08. The molecule has 0 saturated heterocycles. The highest BCUT2D eigenvalue weighted by Gasteiger charge is 2.10. The van der Waals surface area contributed by atoms with Gasteiger partial charge >= 0.3 is 0 Å². The van der Waals surface area contributed by atoms with E-state index in [1.807, 2.05) is 13.0 Å². The molecule has 0 aliphatic carbocycles. The Kier molecular flexibility index (Phi) is 3.23. The highest BCUT2D eigenvalue weighted by molar-refractivity contribution is 7.18. The minimum Gasteiger partial charge on any atom is -0.357 e. The van der Waals surface area contributed by atoms with Gasteiger partial charge in [-0.1, -0.05) is 0 Å². The Bertz CT molecular complexity index is 752. The third-order valence-electron chi connectivity index (χ3n) is 2.85. The quantitative estimate of drug-likeness (QED) is 0.767. The number of nitrogens with zero attached hydrogens (tertiary/aromatic N) is 2. The second-order valence-corrected chi connectivity index (χ2v) is 5.59. The minimum absolute atomic E-state index is 0.259. The number of thiophene rings is 1. The summed E-state index contributed by atoms with van der Waals surface area (Å²) < 4.78 is 12.9. The van der Waals surface area contributed by atoms with Crippen molar-refractivity contribution in [2.75, 3.05) is 17.7 Å². The molecule has 0 radical (unpaired) electrons. The number of halogens is 1. The van der Waals surface area contributed by atoms with Gasteiger partial charge in [0.1, 0.15) is 16.5 Å². The standard InChI is InChI=1S/C14H13FN4S/c1-8-7-11-12(17-10-5-3-9(15)4-6-10)18-14(16-2)19-13(11)20-8/h3-7H,1-2H3,(H2,16,17,18,19). The average Bonchev–Trinajstić information content (AvgIpc) is 2.81. The zero-order chi connectivity index (χ0) is 14.1. The SMILES string of the molecule is CNc1nc(Nc2ccc(F)cc2)c2cc(C)sc2n1. The summed E-state index contributed by atoms with van der Waals surface area (Å²) in [5.41, 5.74) is 0.789. The molecule has 2 aromatic heterocycles. The van der Waals surface area contributed by atoms with Crippen LogP contribution in [0.15, 0.2) is 30.3 Å². The van der Waals surface area contributed by atoms with Crippen LogP contribution in [0.2, 0.25) is 0 Å². The Labute approximate surface area is 119 Å². The van der Waals surface area contributed by atoms with Gasteiger partial charge in [-0.15, -0.1) is 11.3 Å². The van der Waals surface area contributed by atoms with Crippen LogP contribution >= 0.6 is 11.3 Å². The van der Waals surface area contributed by atoms with Gasteiger partial charge in [0.2, 0.25) is 5.95 Å². The molecule has 0 unspecified atom stereocenters. The highest BCUT2D eigenvalue weighted by atomic mass is 32.1. The number of hydrogen-bond donors (Lipinski definition) is 2. The Hall–Kier alpha value is -2.21. The Morgan fingerprint density at radius 3 is 2.60 bits per heavy atom. The van der Waals surface area contributed by atoms with E-state index in [0.717, 1.165) is 21.7 Å². The second kappa shape index (κ2) is 5.05. The van der Waals surface area contributed by atoms with Crippen molar-refractivity contribution >= 4 is 39.0 Å². The molecule has 0 aliphatic rings. The van der Waals surface area contributed by atoms with Crippen molar-refractivity contribution in [3.05, 3.63) is 41.0 Å². The lowest BCUT2D eigenvalue weighted by molar-refractivity contribution is 0.628. The van der Waals surface area contributed by atoms with Crippen molar-refractivity contribution in [1.82, 2.24) is 9.97 Å². The van der Waals surface area contributed by atoms with Gasteiger partial charge in [-0.3, -0.25) is 0 Å². The molecule has 2 N–H and O–H groups in total. The fourth-order valence-electron chi connectivity index (χ4n) is 1.92. The van der Waals surface area contributed by atoms with E-state index in [9.17, 15) is 4.39 Å². The summed E-state index contributed by atoms with van der Waals surface area (Å²) in [6, 6.07) is 8.24. The van der Waals surface area contributed by atoms with Crippen LogP contribution in [0.4, 0.5) is 21.8 Å². The third kappa shape index (κ3) is 2.42. The number of aromatic nitrogens is 2. The molecule has 0 bridgehead atoms. The fraction of sp³-hybridized carbons (Fsp3) is 0.143. The third-order valence-corrected chi connectivity index (χ3v) is 3.79. The van der Waals surface area contributed by atoms with Crippen LogP contribution < -0.4 is 10.6 Å². The zero-order valence-corrected chi connectivity index (χ0v) is 11.9. The van der Waals surface area contributed by atoms with Gasteiger partial charge in [-0.2, -0.15) is 4.98 Å². The molecule has 102 valence electrons. The number of anilines is 3. The van der Waals surface area contributed by atoms with Gasteiger partial charge in [0.15, 0.2) is 0 Å². The van der Waals surface area contributed by atoms with Crippen LogP contribution in [0.1, 0.15) is 4.88 Å². The minimum atomic E-state index is -0.259. The second-order valence-electron chi connectivity index (χ2n) is 4.35. The van der Waals surface area contributed by atoms with Crippen molar-refractivity contribution in [2.45, 2.75) is 6.92 Å². The molecular weight excluding hydrogens is 275 g/mol. The highest BCUT2D eigenvalue weighted by Crippen LogP contribution is 2.31. The van der Waals surface area contributed by atoms with E-state index in [-0.39, 0.29) is 5.82 Å². The Morgan fingerprint density at radius 2 is 1.90 bits per heavy atom. The molecule has 6 heteroatoms. The first-order valence-corrected chi connectivity index (χ1v) is 6.96. The first-order valence-electron chi connectivity index (χ1n) is 6.14. The summed E-state index contributed by atoms with van der Waals surface area (Å²) in [6.45, 7) is 2.03. The molecule has 1 aromatic carbocycles. The van der Waals surface area contributed by atoms with E-state index in [1.165, 1.54) is 17.0 Å². The molecule has 3 rings (SSSR count). The Morgan fingerprint density at radius 1 is 1.15 bits per heavy atom. The lowest BCUT2D eigenvalue weighted by atomic mass is 10.3. The maximum absolute atomic E-state index is 12.9. The van der Waals surface area contributed by atoms with Crippen molar-refractivity contribution in [3.8, 4) is 0 Å².